The molecule has 2 unspecified atom stereocenters. The molecular formula is C18H19NO3. The van der Waals surface area contributed by atoms with Gasteiger partial charge in [-0.2, -0.15) is 0 Å². The monoisotopic (exact) mass is 297 g/mol. The summed E-state index contributed by atoms with van der Waals surface area (Å²) in [6, 6.07) is 14.8. The van der Waals surface area contributed by atoms with E-state index in [1.807, 2.05) is 48.5 Å². The topological polar surface area (TPSA) is 47.6 Å². The van der Waals surface area contributed by atoms with Gasteiger partial charge >= 0.3 is 0 Å². The lowest BCUT2D eigenvalue weighted by Crippen LogP contribution is -2.14. The van der Waals surface area contributed by atoms with E-state index >= 15 is 0 Å². The van der Waals surface area contributed by atoms with Gasteiger partial charge in [0.25, 0.3) is 0 Å². The molecule has 1 N–H and O–H groups in total. The van der Waals surface area contributed by atoms with Gasteiger partial charge in [0.05, 0.1) is 7.11 Å². The summed E-state index contributed by atoms with van der Waals surface area (Å²) >= 11 is 0. The van der Waals surface area contributed by atoms with Crippen LogP contribution in [-0.2, 0) is 4.79 Å². The number of amides is 1. The Morgan fingerprint density at radius 1 is 1.09 bits per heavy atom. The number of hydrogen-bond donors (Lipinski definition) is 1. The van der Waals surface area contributed by atoms with Gasteiger partial charge in [0, 0.05) is 11.6 Å². The molecule has 0 aliphatic heterocycles. The van der Waals surface area contributed by atoms with E-state index in [4.69, 9.17) is 9.47 Å². The molecule has 1 fully saturated rings. The summed E-state index contributed by atoms with van der Waals surface area (Å²) in [4.78, 5) is 11.9. The van der Waals surface area contributed by atoms with Gasteiger partial charge in [0.15, 0.2) is 11.5 Å². The molecule has 0 spiro atoms. The number of carbonyl (C=O) groups is 1. The summed E-state index contributed by atoms with van der Waals surface area (Å²) in [5, 5.41) is 2.93. The van der Waals surface area contributed by atoms with Crippen LogP contribution in [0.4, 0.5) is 5.69 Å². The lowest BCUT2D eigenvalue weighted by Gasteiger charge is -2.10. The second-order valence-corrected chi connectivity index (χ2v) is 5.59. The Kier molecular flexibility index (Phi) is 4.00. The Bertz CT molecular complexity index is 666. The quantitative estimate of drug-likeness (QED) is 0.904. The van der Waals surface area contributed by atoms with E-state index in [1.165, 1.54) is 0 Å². The molecule has 1 saturated carbocycles. The van der Waals surface area contributed by atoms with E-state index in [-0.39, 0.29) is 11.8 Å². The lowest BCUT2D eigenvalue weighted by molar-refractivity contribution is -0.117. The van der Waals surface area contributed by atoms with Crippen molar-refractivity contribution in [2.24, 2.45) is 11.8 Å². The first-order chi connectivity index (χ1) is 10.7. The van der Waals surface area contributed by atoms with Gasteiger partial charge in [-0.05, 0) is 48.7 Å². The molecule has 0 heterocycles. The van der Waals surface area contributed by atoms with Crippen molar-refractivity contribution in [2.75, 3.05) is 12.4 Å². The van der Waals surface area contributed by atoms with E-state index in [1.54, 1.807) is 7.11 Å². The van der Waals surface area contributed by atoms with E-state index in [9.17, 15) is 4.79 Å². The molecule has 1 amide bonds. The number of benzene rings is 2. The summed E-state index contributed by atoms with van der Waals surface area (Å²) in [6.45, 7) is 2.09. The van der Waals surface area contributed by atoms with Crippen LogP contribution in [0.25, 0.3) is 0 Å². The number of hydrogen-bond acceptors (Lipinski definition) is 3. The van der Waals surface area contributed by atoms with Crippen molar-refractivity contribution in [1.82, 2.24) is 0 Å². The Morgan fingerprint density at radius 3 is 2.32 bits per heavy atom. The standard InChI is InChI=1S/C18H19NO3/c1-12-11-15(12)18(20)19-13-7-9-14(10-8-13)22-17-6-4-3-5-16(17)21-2/h3-10,12,15H,11H2,1-2H3,(H,19,20). The minimum atomic E-state index is 0.103. The SMILES string of the molecule is COc1ccccc1Oc1ccc(NC(=O)C2CC2C)cc1. The van der Waals surface area contributed by atoms with Crippen LogP contribution in [0.1, 0.15) is 13.3 Å². The molecule has 114 valence electrons. The average Bonchev–Trinajstić information content (AvgIpc) is 3.27. The number of rotatable bonds is 5. The smallest absolute Gasteiger partial charge is 0.227 e. The van der Waals surface area contributed by atoms with Crippen molar-refractivity contribution in [3.8, 4) is 17.2 Å². The maximum Gasteiger partial charge on any atom is 0.227 e. The molecule has 3 rings (SSSR count). The number of methoxy groups -OCH3 is 1. The van der Waals surface area contributed by atoms with Crippen molar-refractivity contribution in [3.63, 3.8) is 0 Å². The lowest BCUT2D eigenvalue weighted by atomic mass is 10.2. The zero-order valence-corrected chi connectivity index (χ0v) is 12.7. The second kappa shape index (κ2) is 6.10. The Morgan fingerprint density at radius 2 is 1.73 bits per heavy atom. The number of carbonyl (C=O) groups excluding carboxylic acids is 1. The maximum absolute atomic E-state index is 11.9. The molecule has 22 heavy (non-hydrogen) atoms. The predicted molar refractivity (Wildman–Crippen MR) is 85.4 cm³/mol. The van der Waals surface area contributed by atoms with E-state index in [2.05, 4.69) is 12.2 Å². The van der Waals surface area contributed by atoms with Gasteiger partial charge < -0.3 is 14.8 Å². The normalized spacial score (nSPS) is 19.4. The van der Waals surface area contributed by atoms with Gasteiger partial charge in [0.2, 0.25) is 5.91 Å². The minimum absolute atomic E-state index is 0.103. The van der Waals surface area contributed by atoms with Crippen LogP contribution in [0.2, 0.25) is 0 Å². The van der Waals surface area contributed by atoms with Crippen LogP contribution >= 0.6 is 0 Å². The minimum Gasteiger partial charge on any atom is -0.493 e. The van der Waals surface area contributed by atoms with Crippen LogP contribution in [0, 0.1) is 11.8 Å². The third kappa shape index (κ3) is 3.22. The molecule has 0 aromatic heterocycles. The molecule has 2 atom stereocenters. The zero-order valence-electron chi connectivity index (χ0n) is 12.7. The van der Waals surface area contributed by atoms with E-state index in [0.29, 0.717) is 23.2 Å². The van der Waals surface area contributed by atoms with Gasteiger partial charge in [0.1, 0.15) is 5.75 Å². The fourth-order valence-electron chi connectivity index (χ4n) is 2.36. The molecule has 0 saturated heterocycles. The zero-order chi connectivity index (χ0) is 15.5. The second-order valence-electron chi connectivity index (χ2n) is 5.59. The Labute approximate surface area is 130 Å². The number of nitrogens with one attached hydrogen (secondary N) is 1. The Hall–Kier alpha value is -2.49. The van der Waals surface area contributed by atoms with Crippen molar-refractivity contribution >= 4 is 11.6 Å². The molecule has 1 aliphatic rings. The van der Waals surface area contributed by atoms with Gasteiger partial charge in [-0.15, -0.1) is 0 Å². The van der Waals surface area contributed by atoms with Gasteiger partial charge in [-0.1, -0.05) is 19.1 Å². The molecule has 4 nitrogen and oxygen atoms in total. The number of ether oxygens (including phenoxy) is 2. The van der Waals surface area contributed by atoms with Crippen LogP contribution in [-0.4, -0.2) is 13.0 Å². The van der Waals surface area contributed by atoms with Crippen molar-refractivity contribution in [3.05, 3.63) is 48.5 Å². The van der Waals surface area contributed by atoms with Crippen LogP contribution in [0.5, 0.6) is 17.2 Å². The molecule has 2 aromatic rings. The molecule has 1 aliphatic carbocycles. The first-order valence-corrected chi connectivity index (χ1v) is 7.39. The number of anilines is 1. The Balaban J connectivity index is 1.65. The molecule has 4 heteroatoms. The molecule has 2 aromatic carbocycles. The van der Waals surface area contributed by atoms with Crippen molar-refractivity contribution in [1.29, 1.82) is 0 Å². The third-order valence-electron chi connectivity index (χ3n) is 3.86. The van der Waals surface area contributed by atoms with Gasteiger partial charge in [-0.3, -0.25) is 4.79 Å². The maximum atomic E-state index is 11.9. The highest BCUT2D eigenvalue weighted by atomic mass is 16.5. The summed E-state index contributed by atoms with van der Waals surface area (Å²) in [6.07, 6.45) is 0.987. The third-order valence-corrected chi connectivity index (χ3v) is 3.86. The fraction of sp³-hybridized carbons (Fsp3) is 0.278. The van der Waals surface area contributed by atoms with Gasteiger partial charge in [-0.25, -0.2) is 0 Å². The fourth-order valence-corrected chi connectivity index (χ4v) is 2.36. The van der Waals surface area contributed by atoms with Crippen LogP contribution in [0.3, 0.4) is 0 Å². The summed E-state index contributed by atoms with van der Waals surface area (Å²) in [5.41, 5.74) is 0.788. The van der Waals surface area contributed by atoms with Crippen LogP contribution < -0.4 is 14.8 Å². The van der Waals surface area contributed by atoms with Crippen molar-refractivity contribution < 1.29 is 14.3 Å². The predicted octanol–water partition coefficient (Wildman–Crippen LogP) is 4.08. The molecule has 0 bridgehead atoms. The largest absolute Gasteiger partial charge is 0.493 e. The molecular weight excluding hydrogens is 278 g/mol. The van der Waals surface area contributed by atoms with Crippen molar-refractivity contribution in [2.45, 2.75) is 13.3 Å². The number of para-hydroxylation sites is 2. The first-order valence-electron chi connectivity index (χ1n) is 7.39. The summed E-state index contributed by atoms with van der Waals surface area (Å²) in [7, 11) is 1.61. The summed E-state index contributed by atoms with van der Waals surface area (Å²) < 4.78 is 11.1. The first kappa shape index (κ1) is 14.4. The van der Waals surface area contributed by atoms with Crippen LogP contribution in [0.15, 0.2) is 48.5 Å². The average molecular weight is 297 g/mol. The highest BCUT2D eigenvalue weighted by Crippen LogP contribution is 2.38. The highest BCUT2D eigenvalue weighted by molar-refractivity contribution is 5.94. The molecule has 0 radical (unpaired) electrons. The van der Waals surface area contributed by atoms with E-state index in [0.717, 1.165) is 12.1 Å². The summed E-state index contributed by atoms with van der Waals surface area (Å²) in [5.74, 6) is 2.82. The highest BCUT2D eigenvalue weighted by Gasteiger charge is 2.38. The van der Waals surface area contributed by atoms with E-state index < -0.39 is 0 Å².